The number of nitrogens with zero attached hydrogens (tertiary/aromatic N) is 1. The van der Waals surface area contributed by atoms with E-state index in [1.54, 1.807) is 0 Å². The number of unbranched alkanes of at least 4 members (excludes halogenated alkanes) is 1. The molecule has 0 aliphatic carbocycles. The normalized spacial score (nSPS) is 9.91. The van der Waals surface area contributed by atoms with Gasteiger partial charge in [0.15, 0.2) is 0 Å². The van der Waals surface area contributed by atoms with Crippen molar-refractivity contribution < 1.29 is 0 Å². The monoisotopic (exact) mass is 166 g/mol. The Balaban J connectivity index is 2.28. The lowest BCUT2D eigenvalue weighted by molar-refractivity contribution is 0.784. The predicted octanol–water partition coefficient (Wildman–Crippen LogP) is 2.60. The summed E-state index contributed by atoms with van der Waals surface area (Å²) in [6.07, 6.45) is 5.20. The summed E-state index contributed by atoms with van der Waals surface area (Å²) in [4.78, 5) is 4.22. The van der Waals surface area contributed by atoms with Crippen LogP contribution < -0.4 is 0 Å². The molecule has 11 heavy (non-hydrogen) atoms. The Kier molecular flexibility index (Phi) is 4.06. The molecule has 0 N–H and O–H groups in total. The molecule has 1 aromatic heterocycles. The van der Waals surface area contributed by atoms with Crippen LogP contribution in [0, 0.1) is 0 Å². The first-order valence-electron chi connectivity index (χ1n) is 3.91. The van der Waals surface area contributed by atoms with E-state index in [0.717, 1.165) is 18.6 Å². The lowest BCUT2D eigenvalue weighted by Gasteiger charge is -1.96. The van der Waals surface area contributed by atoms with Gasteiger partial charge in [-0.05, 0) is 31.4 Å². The van der Waals surface area contributed by atoms with Crippen LogP contribution in [-0.4, -0.2) is 10.7 Å². The minimum Gasteiger partial charge on any atom is -0.261 e. The number of pyridine rings is 1. The molecular weight excluding hydrogens is 154 g/mol. The van der Waals surface area contributed by atoms with Crippen molar-refractivity contribution in [1.82, 2.24) is 4.98 Å². The summed E-state index contributed by atoms with van der Waals surface area (Å²) in [5.41, 5.74) is 1.18. The zero-order valence-electron chi connectivity index (χ0n) is 6.49. The summed E-state index contributed by atoms with van der Waals surface area (Å²) < 4.78 is 0. The first kappa shape index (κ1) is 8.60. The zero-order valence-corrected chi connectivity index (χ0v) is 7.31. The molecule has 0 aliphatic heterocycles. The van der Waals surface area contributed by atoms with E-state index in [2.05, 4.69) is 11.1 Å². The quantitative estimate of drug-likeness (QED) is 0.626. The fourth-order valence-corrected chi connectivity index (χ4v) is 1.16. The number of hydrogen-bond donors (Lipinski definition) is 0. The fourth-order valence-electron chi connectivity index (χ4n) is 0.954. The average Bonchev–Trinajstić information content (AvgIpc) is 2.07. The van der Waals surface area contributed by atoms with Crippen molar-refractivity contribution in [3.63, 3.8) is 0 Å². The van der Waals surface area contributed by atoms with Crippen molar-refractivity contribution in [3.05, 3.63) is 30.1 Å². The lowest BCUT2D eigenvalue weighted by Crippen LogP contribution is -1.88. The largest absolute Gasteiger partial charge is 0.261 e. The van der Waals surface area contributed by atoms with Crippen LogP contribution in [0.4, 0.5) is 0 Å². The van der Waals surface area contributed by atoms with Crippen LogP contribution in [-0.2, 0) is 6.42 Å². The van der Waals surface area contributed by atoms with Gasteiger partial charge in [-0.1, -0.05) is 18.7 Å². The summed E-state index contributed by atoms with van der Waals surface area (Å²) in [7, 11) is 0. The molecule has 0 saturated heterocycles. The van der Waals surface area contributed by atoms with Gasteiger partial charge in [0.1, 0.15) is 0 Å². The maximum atomic E-state index is 4.85. The third-order valence-corrected chi connectivity index (χ3v) is 1.84. The maximum absolute atomic E-state index is 4.85. The highest BCUT2D eigenvalue weighted by Gasteiger charge is 1.91. The predicted molar refractivity (Wildman–Crippen MR) is 49.6 cm³/mol. The van der Waals surface area contributed by atoms with E-state index in [0.29, 0.717) is 0 Å². The molecule has 1 radical (unpaired) electrons. The Labute approximate surface area is 73.3 Å². The average molecular weight is 166 g/mol. The third-order valence-electron chi connectivity index (χ3n) is 1.55. The maximum Gasteiger partial charge on any atom is 0.0403 e. The van der Waals surface area contributed by atoms with E-state index < -0.39 is 0 Å². The van der Waals surface area contributed by atoms with E-state index >= 15 is 0 Å². The van der Waals surface area contributed by atoms with Crippen LogP contribution in [0.1, 0.15) is 18.5 Å². The van der Waals surface area contributed by atoms with Crippen LogP contribution in [0.3, 0.4) is 0 Å². The smallest absolute Gasteiger partial charge is 0.0403 e. The van der Waals surface area contributed by atoms with Gasteiger partial charge in [-0.3, -0.25) is 4.98 Å². The molecule has 2 heteroatoms. The summed E-state index contributed by atoms with van der Waals surface area (Å²) >= 11 is 4.85. The number of hydrogen-bond acceptors (Lipinski definition) is 1. The second-order valence-corrected chi connectivity index (χ2v) is 2.89. The standard InChI is InChI=1S/C9H12NS/c11-8-4-2-6-9-5-1-3-7-10-9/h1,3,5,7H,2,4,6,8H2. The molecule has 1 nitrogen and oxygen atoms in total. The molecular formula is C9H12NS. The molecule has 0 aromatic carbocycles. The van der Waals surface area contributed by atoms with Crippen LogP contribution >= 0.6 is 12.6 Å². The van der Waals surface area contributed by atoms with Gasteiger partial charge in [0, 0.05) is 17.6 Å². The van der Waals surface area contributed by atoms with Gasteiger partial charge in [0.05, 0.1) is 0 Å². The van der Waals surface area contributed by atoms with Crippen molar-refractivity contribution in [2.75, 3.05) is 5.75 Å². The second-order valence-electron chi connectivity index (χ2n) is 2.48. The van der Waals surface area contributed by atoms with E-state index in [1.165, 1.54) is 12.1 Å². The van der Waals surface area contributed by atoms with Crippen molar-refractivity contribution in [1.29, 1.82) is 0 Å². The minimum absolute atomic E-state index is 0.868. The Bertz CT molecular complexity index is 186. The Hall–Kier alpha value is -0.500. The van der Waals surface area contributed by atoms with Gasteiger partial charge in [-0.2, -0.15) is 0 Å². The van der Waals surface area contributed by atoms with Crippen molar-refractivity contribution >= 4 is 12.6 Å². The SMILES string of the molecule is [S]CCCCc1ccccn1. The van der Waals surface area contributed by atoms with Gasteiger partial charge < -0.3 is 0 Å². The van der Waals surface area contributed by atoms with Gasteiger partial charge in [0.25, 0.3) is 0 Å². The van der Waals surface area contributed by atoms with Crippen molar-refractivity contribution in [3.8, 4) is 0 Å². The molecule has 0 aliphatic rings. The molecule has 0 saturated carbocycles. The van der Waals surface area contributed by atoms with Gasteiger partial charge in [-0.15, -0.1) is 0 Å². The molecule has 1 rings (SSSR count). The molecule has 1 heterocycles. The molecule has 0 fully saturated rings. The van der Waals surface area contributed by atoms with Gasteiger partial charge >= 0.3 is 0 Å². The number of aromatic nitrogens is 1. The molecule has 0 atom stereocenters. The molecule has 0 bridgehead atoms. The highest BCUT2D eigenvalue weighted by Crippen LogP contribution is 2.01. The van der Waals surface area contributed by atoms with Crippen molar-refractivity contribution in [2.45, 2.75) is 19.3 Å². The fraction of sp³-hybridized carbons (Fsp3) is 0.444. The molecule has 59 valence electrons. The Morgan fingerprint density at radius 1 is 1.27 bits per heavy atom. The van der Waals surface area contributed by atoms with Gasteiger partial charge in [0.2, 0.25) is 0 Å². The summed E-state index contributed by atoms with van der Waals surface area (Å²) in [6, 6.07) is 6.02. The topological polar surface area (TPSA) is 12.9 Å². The second kappa shape index (κ2) is 5.19. The minimum atomic E-state index is 0.868. The van der Waals surface area contributed by atoms with E-state index in [1.807, 2.05) is 18.3 Å². The first-order chi connectivity index (χ1) is 5.43. The van der Waals surface area contributed by atoms with Gasteiger partial charge in [-0.25, -0.2) is 0 Å². The van der Waals surface area contributed by atoms with Crippen LogP contribution in [0.25, 0.3) is 0 Å². The lowest BCUT2D eigenvalue weighted by atomic mass is 10.2. The highest BCUT2D eigenvalue weighted by molar-refractivity contribution is 7.80. The number of aryl methyl sites for hydroxylation is 1. The zero-order chi connectivity index (χ0) is 7.94. The highest BCUT2D eigenvalue weighted by atomic mass is 32.1. The molecule has 0 spiro atoms. The van der Waals surface area contributed by atoms with E-state index in [9.17, 15) is 0 Å². The molecule has 1 aromatic rings. The van der Waals surface area contributed by atoms with Crippen molar-refractivity contribution in [2.24, 2.45) is 0 Å². The van der Waals surface area contributed by atoms with Crippen LogP contribution in [0.15, 0.2) is 24.4 Å². The van der Waals surface area contributed by atoms with E-state index in [-0.39, 0.29) is 0 Å². The molecule has 0 unspecified atom stereocenters. The first-order valence-corrected chi connectivity index (χ1v) is 4.49. The number of rotatable bonds is 4. The summed E-state index contributed by atoms with van der Waals surface area (Å²) in [6.45, 7) is 0. The Morgan fingerprint density at radius 2 is 2.18 bits per heavy atom. The molecule has 0 amide bonds. The summed E-state index contributed by atoms with van der Waals surface area (Å²) in [5, 5.41) is 0. The van der Waals surface area contributed by atoms with Crippen LogP contribution in [0.5, 0.6) is 0 Å². The third kappa shape index (κ3) is 3.42. The summed E-state index contributed by atoms with van der Waals surface area (Å²) in [5.74, 6) is 0.868. The van der Waals surface area contributed by atoms with E-state index in [4.69, 9.17) is 12.6 Å². The Morgan fingerprint density at radius 3 is 2.82 bits per heavy atom. The van der Waals surface area contributed by atoms with Crippen LogP contribution in [0.2, 0.25) is 0 Å².